The van der Waals surface area contributed by atoms with Crippen LogP contribution in [-0.4, -0.2) is 16.6 Å². The molecule has 0 radical (unpaired) electrons. The Hall–Kier alpha value is -1.52. The summed E-state index contributed by atoms with van der Waals surface area (Å²) in [7, 11) is 0. The first kappa shape index (κ1) is 15.9. The number of hydrogen-bond donors (Lipinski definition) is 1. The summed E-state index contributed by atoms with van der Waals surface area (Å²) in [5.41, 5.74) is 4.18. The quantitative estimate of drug-likeness (QED) is 0.671. The molecule has 5 heteroatoms. The molecule has 0 aliphatic carbocycles. The zero-order valence-corrected chi connectivity index (χ0v) is 13.8. The van der Waals surface area contributed by atoms with E-state index < -0.39 is 0 Å². The van der Waals surface area contributed by atoms with Crippen LogP contribution in [0.1, 0.15) is 16.7 Å². The van der Waals surface area contributed by atoms with E-state index in [0.717, 1.165) is 4.90 Å². The van der Waals surface area contributed by atoms with Gasteiger partial charge in [0.05, 0.1) is 11.4 Å². The lowest BCUT2D eigenvalue weighted by molar-refractivity contribution is -0.113. The van der Waals surface area contributed by atoms with E-state index in [1.165, 1.54) is 16.7 Å². The smallest absolute Gasteiger partial charge is 0.234 e. The number of carbonyl (C=O) groups excluding carboxylic acids is 1. The van der Waals surface area contributed by atoms with Gasteiger partial charge < -0.3 is 5.32 Å². The van der Waals surface area contributed by atoms with Crippen LogP contribution in [0.15, 0.2) is 35.4 Å². The molecule has 1 aromatic carbocycles. The van der Waals surface area contributed by atoms with Crippen molar-refractivity contribution in [3.05, 3.63) is 52.3 Å². The highest BCUT2D eigenvalue weighted by atomic mass is 35.5. The molecule has 0 saturated carbocycles. The molecule has 1 amide bonds. The first-order chi connectivity index (χ1) is 9.97. The SMILES string of the molecule is Cc1cc(C)c(SCC(=O)Nc2cccnc2Cl)c(C)c1. The molecule has 3 nitrogen and oxygen atoms in total. The summed E-state index contributed by atoms with van der Waals surface area (Å²) in [6, 6.07) is 7.74. The van der Waals surface area contributed by atoms with Crippen molar-refractivity contribution in [2.75, 3.05) is 11.1 Å². The molecule has 0 fully saturated rings. The molecule has 0 unspecified atom stereocenters. The fourth-order valence-corrected chi connectivity index (χ4v) is 3.29. The van der Waals surface area contributed by atoms with E-state index in [1.54, 1.807) is 30.1 Å². The van der Waals surface area contributed by atoms with E-state index in [4.69, 9.17) is 11.6 Å². The highest BCUT2D eigenvalue weighted by Crippen LogP contribution is 2.28. The summed E-state index contributed by atoms with van der Waals surface area (Å²) < 4.78 is 0. The molecule has 21 heavy (non-hydrogen) atoms. The summed E-state index contributed by atoms with van der Waals surface area (Å²) in [6.45, 7) is 6.21. The summed E-state index contributed by atoms with van der Waals surface area (Å²) in [5.74, 6) is 0.255. The van der Waals surface area contributed by atoms with Crippen molar-refractivity contribution in [2.45, 2.75) is 25.7 Å². The maximum Gasteiger partial charge on any atom is 0.234 e. The zero-order chi connectivity index (χ0) is 15.4. The molecule has 0 aliphatic heterocycles. The summed E-state index contributed by atoms with van der Waals surface area (Å²) in [5, 5.41) is 3.08. The number of thioether (sulfide) groups is 1. The number of hydrogen-bond acceptors (Lipinski definition) is 3. The first-order valence-electron chi connectivity index (χ1n) is 6.58. The van der Waals surface area contributed by atoms with Crippen LogP contribution in [0.5, 0.6) is 0 Å². The van der Waals surface area contributed by atoms with E-state index in [1.807, 2.05) is 0 Å². The number of amides is 1. The zero-order valence-electron chi connectivity index (χ0n) is 12.2. The Kier molecular flexibility index (Phi) is 5.26. The van der Waals surface area contributed by atoms with E-state index in [-0.39, 0.29) is 5.91 Å². The molecule has 0 saturated heterocycles. The molecule has 1 N–H and O–H groups in total. The number of rotatable bonds is 4. The van der Waals surface area contributed by atoms with Gasteiger partial charge in [0.1, 0.15) is 0 Å². The molecular weight excluding hydrogens is 304 g/mol. The second kappa shape index (κ2) is 6.96. The van der Waals surface area contributed by atoms with Crippen molar-refractivity contribution in [2.24, 2.45) is 0 Å². The van der Waals surface area contributed by atoms with Crippen molar-refractivity contribution in [1.82, 2.24) is 4.98 Å². The molecule has 0 spiro atoms. The number of aryl methyl sites for hydroxylation is 3. The van der Waals surface area contributed by atoms with Gasteiger partial charge in [-0.2, -0.15) is 0 Å². The summed E-state index contributed by atoms with van der Waals surface area (Å²) in [6.07, 6.45) is 1.59. The lowest BCUT2D eigenvalue weighted by Gasteiger charge is -2.11. The van der Waals surface area contributed by atoms with Crippen molar-refractivity contribution < 1.29 is 4.79 Å². The minimum atomic E-state index is -0.0886. The monoisotopic (exact) mass is 320 g/mol. The van der Waals surface area contributed by atoms with Crippen LogP contribution in [0.25, 0.3) is 0 Å². The Bertz CT molecular complexity index is 650. The Morgan fingerprint density at radius 3 is 2.57 bits per heavy atom. The van der Waals surface area contributed by atoms with Gasteiger partial charge in [-0.15, -0.1) is 11.8 Å². The van der Waals surface area contributed by atoms with Crippen LogP contribution in [-0.2, 0) is 4.79 Å². The fourth-order valence-electron chi connectivity index (χ4n) is 2.20. The maximum absolute atomic E-state index is 12.0. The standard InChI is InChI=1S/C16H17ClN2OS/c1-10-7-11(2)15(12(3)8-10)21-9-14(20)19-13-5-4-6-18-16(13)17/h4-8H,9H2,1-3H3,(H,19,20). The Morgan fingerprint density at radius 1 is 1.29 bits per heavy atom. The Balaban J connectivity index is 2.01. The van der Waals surface area contributed by atoms with Gasteiger partial charge in [0.2, 0.25) is 5.91 Å². The van der Waals surface area contributed by atoms with Crippen LogP contribution in [0.3, 0.4) is 0 Å². The summed E-state index contributed by atoms with van der Waals surface area (Å²) in [4.78, 5) is 17.1. The molecule has 1 aromatic heterocycles. The van der Waals surface area contributed by atoms with Crippen LogP contribution < -0.4 is 5.32 Å². The highest BCUT2D eigenvalue weighted by molar-refractivity contribution is 8.00. The van der Waals surface area contributed by atoms with E-state index >= 15 is 0 Å². The van der Waals surface area contributed by atoms with Crippen LogP contribution in [0, 0.1) is 20.8 Å². The fraction of sp³-hybridized carbons (Fsp3) is 0.250. The lowest BCUT2D eigenvalue weighted by atomic mass is 10.1. The normalized spacial score (nSPS) is 10.5. The van der Waals surface area contributed by atoms with Crippen molar-refractivity contribution in [3.8, 4) is 0 Å². The van der Waals surface area contributed by atoms with E-state index in [2.05, 4.69) is 43.2 Å². The van der Waals surface area contributed by atoms with Crippen LogP contribution in [0.2, 0.25) is 5.15 Å². The molecular formula is C16H17ClN2OS. The van der Waals surface area contributed by atoms with Gasteiger partial charge in [0, 0.05) is 11.1 Å². The second-order valence-corrected chi connectivity index (χ2v) is 6.25. The number of benzene rings is 1. The number of nitrogens with one attached hydrogen (secondary N) is 1. The van der Waals surface area contributed by atoms with Crippen LogP contribution in [0.4, 0.5) is 5.69 Å². The minimum absolute atomic E-state index is 0.0886. The predicted octanol–water partition coefficient (Wildman–Crippen LogP) is 4.39. The third-order valence-corrected chi connectivity index (χ3v) is 4.63. The maximum atomic E-state index is 12.0. The van der Waals surface area contributed by atoms with Gasteiger partial charge in [-0.05, 0) is 44.0 Å². The van der Waals surface area contributed by atoms with Gasteiger partial charge in [-0.1, -0.05) is 29.3 Å². The number of halogens is 1. The molecule has 2 rings (SSSR count). The average Bonchev–Trinajstić information content (AvgIpc) is 2.40. The first-order valence-corrected chi connectivity index (χ1v) is 7.94. The van der Waals surface area contributed by atoms with Crippen molar-refractivity contribution >= 4 is 35.0 Å². The number of nitrogens with zero attached hydrogens (tertiary/aromatic N) is 1. The Morgan fingerprint density at radius 2 is 1.95 bits per heavy atom. The van der Waals surface area contributed by atoms with Gasteiger partial charge in [-0.3, -0.25) is 4.79 Å². The third-order valence-electron chi connectivity index (χ3n) is 2.99. The number of anilines is 1. The Labute approximate surface area is 134 Å². The number of pyridine rings is 1. The van der Waals surface area contributed by atoms with Gasteiger partial charge in [0.25, 0.3) is 0 Å². The molecule has 110 valence electrons. The second-order valence-electron chi connectivity index (χ2n) is 4.91. The van der Waals surface area contributed by atoms with E-state index in [9.17, 15) is 4.79 Å². The van der Waals surface area contributed by atoms with Crippen molar-refractivity contribution in [1.29, 1.82) is 0 Å². The molecule has 1 heterocycles. The lowest BCUT2D eigenvalue weighted by Crippen LogP contribution is -2.14. The molecule has 0 atom stereocenters. The van der Waals surface area contributed by atoms with Gasteiger partial charge in [-0.25, -0.2) is 4.98 Å². The number of aromatic nitrogens is 1. The topological polar surface area (TPSA) is 42.0 Å². The summed E-state index contributed by atoms with van der Waals surface area (Å²) >= 11 is 7.46. The minimum Gasteiger partial charge on any atom is -0.323 e. The highest BCUT2D eigenvalue weighted by Gasteiger charge is 2.10. The average molecular weight is 321 g/mol. The van der Waals surface area contributed by atoms with Crippen molar-refractivity contribution in [3.63, 3.8) is 0 Å². The van der Waals surface area contributed by atoms with Crippen LogP contribution >= 0.6 is 23.4 Å². The largest absolute Gasteiger partial charge is 0.323 e. The third kappa shape index (κ3) is 4.22. The molecule has 0 aliphatic rings. The predicted molar refractivity (Wildman–Crippen MR) is 89.3 cm³/mol. The number of carbonyl (C=O) groups is 1. The van der Waals surface area contributed by atoms with Gasteiger partial charge in [0.15, 0.2) is 5.15 Å². The molecule has 0 bridgehead atoms. The van der Waals surface area contributed by atoms with Gasteiger partial charge >= 0.3 is 0 Å². The molecule has 2 aromatic rings. The van der Waals surface area contributed by atoms with E-state index in [0.29, 0.717) is 16.6 Å².